The molecule has 1 N–H and O–H groups in total. The standard InChI is InChI=1S/C11H22N2.C2H6/c1-13-9-3-2-4-11(10-13)5-7-12-8-6-11;1-2/h12H,2-10H2,1H3;1-2H3. The molecule has 0 aromatic rings. The first-order chi connectivity index (χ1) is 7.31. The SMILES string of the molecule is CC.CN1CCCCC2(CCNCC2)C1. The van der Waals surface area contributed by atoms with Gasteiger partial charge in [0.05, 0.1) is 0 Å². The third-order valence-electron chi connectivity index (χ3n) is 3.77. The Bertz CT molecular complexity index is 162. The third-order valence-corrected chi connectivity index (χ3v) is 3.77. The predicted molar refractivity (Wildman–Crippen MR) is 67.2 cm³/mol. The zero-order chi connectivity index (χ0) is 11.1. The molecule has 15 heavy (non-hydrogen) atoms. The van der Waals surface area contributed by atoms with Gasteiger partial charge in [-0.05, 0) is 57.8 Å². The van der Waals surface area contributed by atoms with Crippen molar-refractivity contribution in [2.75, 3.05) is 33.2 Å². The van der Waals surface area contributed by atoms with E-state index in [2.05, 4.69) is 17.3 Å². The van der Waals surface area contributed by atoms with Gasteiger partial charge in [-0.2, -0.15) is 0 Å². The Morgan fingerprint density at radius 3 is 2.33 bits per heavy atom. The summed E-state index contributed by atoms with van der Waals surface area (Å²) < 4.78 is 0. The largest absolute Gasteiger partial charge is 0.317 e. The lowest BCUT2D eigenvalue weighted by atomic mass is 9.75. The van der Waals surface area contributed by atoms with E-state index >= 15 is 0 Å². The molecule has 0 bridgehead atoms. The minimum absolute atomic E-state index is 0.677. The van der Waals surface area contributed by atoms with Crippen molar-refractivity contribution in [3.8, 4) is 0 Å². The fraction of sp³-hybridized carbons (Fsp3) is 1.00. The molecule has 2 nitrogen and oxygen atoms in total. The van der Waals surface area contributed by atoms with Crippen molar-refractivity contribution in [3.05, 3.63) is 0 Å². The van der Waals surface area contributed by atoms with Gasteiger partial charge in [-0.1, -0.05) is 20.3 Å². The molecule has 0 atom stereocenters. The van der Waals surface area contributed by atoms with Crippen LogP contribution < -0.4 is 5.32 Å². The maximum atomic E-state index is 3.47. The minimum atomic E-state index is 0.677. The lowest BCUT2D eigenvalue weighted by Crippen LogP contribution is -2.42. The normalized spacial score (nSPS) is 26.6. The molecule has 0 amide bonds. The smallest absolute Gasteiger partial charge is 0.00359 e. The summed E-state index contributed by atoms with van der Waals surface area (Å²) in [4.78, 5) is 2.54. The van der Waals surface area contributed by atoms with Gasteiger partial charge in [0, 0.05) is 6.54 Å². The molecule has 2 heteroatoms. The van der Waals surface area contributed by atoms with Crippen LogP contribution in [0.5, 0.6) is 0 Å². The second-order valence-electron chi connectivity index (χ2n) is 4.94. The van der Waals surface area contributed by atoms with E-state index in [4.69, 9.17) is 0 Å². The second-order valence-corrected chi connectivity index (χ2v) is 4.94. The molecule has 90 valence electrons. The number of rotatable bonds is 0. The Morgan fingerprint density at radius 1 is 1.00 bits per heavy atom. The maximum absolute atomic E-state index is 3.47. The Labute approximate surface area is 95.4 Å². The molecule has 2 saturated heterocycles. The van der Waals surface area contributed by atoms with Gasteiger partial charge in [-0.15, -0.1) is 0 Å². The van der Waals surface area contributed by atoms with E-state index in [1.54, 1.807) is 0 Å². The minimum Gasteiger partial charge on any atom is -0.317 e. The van der Waals surface area contributed by atoms with Crippen molar-refractivity contribution < 1.29 is 0 Å². The highest BCUT2D eigenvalue weighted by Crippen LogP contribution is 2.36. The van der Waals surface area contributed by atoms with Gasteiger partial charge in [0.25, 0.3) is 0 Å². The Hall–Kier alpha value is -0.0800. The van der Waals surface area contributed by atoms with E-state index in [0.717, 1.165) is 0 Å². The summed E-state index contributed by atoms with van der Waals surface area (Å²) >= 11 is 0. The highest BCUT2D eigenvalue weighted by molar-refractivity contribution is 4.88. The van der Waals surface area contributed by atoms with Crippen LogP contribution in [0.3, 0.4) is 0 Å². The Kier molecular flexibility index (Phi) is 5.62. The first kappa shape index (κ1) is 13.0. The van der Waals surface area contributed by atoms with Crippen molar-refractivity contribution in [3.63, 3.8) is 0 Å². The van der Waals surface area contributed by atoms with Gasteiger partial charge in [-0.3, -0.25) is 0 Å². The van der Waals surface area contributed by atoms with Crippen LogP contribution in [0.4, 0.5) is 0 Å². The van der Waals surface area contributed by atoms with Crippen molar-refractivity contribution >= 4 is 0 Å². The number of nitrogens with zero attached hydrogens (tertiary/aromatic N) is 1. The summed E-state index contributed by atoms with van der Waals surface area (Å²) in [5, 5.41) is 3.47. The monoisotopic (exact) mass is 212 g/mol. The van der Waals surface area contributed by atoms with Crippen LogP contribution in [0.2, 0.25) is 0 Å². The average molecular weight is 212 g/mol. The fourth-order valence-corrected chi connectivity index (χ4v) is 2.98. The first-order valence-corrected chi connectivity index (χ1v) is 6.70. The van der Waals surface area contributed by atoms with Crippen molar-refractivity contribution in [1.29, 1.82) is 0 Å². The lowest BCUT2D eigenvalue weighted by molar-refractivity contribution is 0.137. The summed E-state index contributed by atoms with van der Waals surface area (Å²) in [6.45, 7) is 9.14. The molecule has 1 spiro atoms. The molecule has 0 radical (unpaired) electrons. The van der Waals surface area contributed by atoms with E-state index in [1.165, 1.54) is 58.3 Å². The lowest BCUT2D eigenvalue weighted by Gasteiger charge is -2.38. The Morgan fingerprint density at radius 2 is 1.67 bits per heavy atom. The van der Waals surface area contributed by atoms with E-state index in [0.29, 0.717) is 5.41 Å². The average Bonchev–Trinajstić information content (AvgIpc) is 2.45. The van der Waals surface area contributed by atoms with E-state index in [-0.39, 0.29) is 0 Å². The van der Waals surface area contributed by atoms with Crippen molar-refractivity contribution in [2.45, 2.75) is 46.0 Å². The van der Waals surface area contributed by atoms with Crippen LogP contribution in [0.1, 0.15) is 46.0 Å². The van der Waals surface area contributed by atoms with Gasteiger partial charge in [0.15, 0.2) is 0 Å². The summed E-state index contributed by atoms with van der Waals surface area (Å²) in [7, 11) is 2.29. The molecular weight excluding hydrogens is 184 g/mol. The summed E-state index contributed by atoms with van der Waals surface area (Å²) in [5.41, 5.74) is 0.677. The van der Waals surface area contributed by atoms with Crippen LogP contribution in [-0.4, -0.2) is 38.1 Å². The number of hydrogen-bond donors (Lipinski definition) is 1. The molecule has 2 aliphatic rings. The van der Waals surface area contributed by atoms with Crippen molar-refractivity contribution in [2.24, 2.45) is 5.41 Å². The molecule has 2 aliphatic heterocycles. The summed E-state index contributed by atoms with van der Waals surface area (Å²) in [6.07, 6.45) is 7.13. The van der Waals surface area contributed by atoms with Gasteiger partial charge in [0.1, 0.15) is 0 Å². The number of piperidine rings is 1. The van der Waals surface area contributed by atoms with E-state index in [9.17, 15) is 0 Å². The second kappa shape index (κ2) is 6.49. The van der Waals surface area contributed by atoms with Crippen LogP contribution in [0.25, 0.3) is 0 Å². The van der Waals surface area contributed by atoms with Gasteiger partial charge < -0.3 is 10.2 Å². The van der Waals surface area contributed by atoms with Crippen LogP contribution in [-0.2, 0) is 0 Å². The number of hydrogen-bond acceptors (Lipinski definition) is 2. The van der Waals surface area contributed by atoms with Crippen LogP contribution in [0, 0.1) is 5.41 Å². The molecule has 0 aliphatic carbocycles. The van der Waals surface area contributed by atoms with Gasteiger partial charge in [0.2, 0.25) is 0 Å². The first-order valence-electron chi connectivity index (χ1n) is 6.70. The topological polar surface area (TPSA) is 15.3 Å². The summed E-state index contributed by atoms with van der Waals surface area (Å²) in [6, 6.07) is 0. The highest BCUT2D eigenvalue weighted by Gasteiger charge is 2.33. The zero-order valence-corrected chi connectivity index (χ0v) is 10.8. The summed E-state index contributed by atoms with van der Waals surface area (Å²) in [5.74, 6) is 0. The molecule has 0 unspecified atom stereocenters. The number of likely N-dealkylation sites (tertiary alicyclic amines) is 1. The van der Waals surface area contributed by atoms with Gasteiger partial charge >= 0.3 is 0 Å². The molecule has 2 fully saturated rings. The van der Waals surface area contributed by atoms with Crippen molar-refractivity contribution in [1.82, 2.24) is 10.2 Å². The van der Waals surface area contributed by atoms with Gasteiger partial charge in [-0.25, -0.2) is 0 Å². The maximum Gasteiger partial charge on any atom is 0.00359 e. The quantitative estimate of drug-likeness (QED) is 0.664. The zero-order valence-electron chi connectivity index (χ0n) is 10.8. The molecule has 0 saturated carbocycles. The molecule has 2 heterocycles. The van der Waals surface area contributed by atoms with Crippen LogP contribution >= 0.6 is 0 Å². The predicted octanol–water partition coefficient (Wildman–Crippen LogP) is 2.50. The molecular formula is C13H28N2. The fourth-order valence-electron chi connectivity index (χ4n) is 2.98. The Balaban J connectivity index is 0.000000531. The number of nitrogens with one attached hydrogen (secondary N) is 1. The molecule has 0 aromatic heterocycles. The molecule has 2 rings (SSSR count). The van der Waals surface area contributed by atoms with Crippen LogP contribution in [0.15, 0.2) is 0 Å². The molecule has 0 aromatic carbocycles. The van der Waals surface area contributed by atoms with E-state index < -0.39 is 0 Å². The third kappa shape index (κ3) is 3.76. The highest BCUT2D eigenvalue weighted by atomic mass is 15.1. The van der Waals surface area contributed by atoms with E-state index in [1.807, 2.05) is 13.8 Å².